The molecule has 0 saturated carbocycles. The van der Waals surface area contributed by atoms with Crippen LogP contribution in [0.1, 0.15) is 25.5 Å². The van der Waals surface area contributed by atoms with Crippen molar-refractivity contribution in [2.75, 3.05) is 25.5 Å². The SMILES string of the molecule is CCCCN(CC(=O)Nc1cc(C)on1)S(=O)(=O)c1ccc(OC)cc1. The van der Waals surface area contributed by atoms with Crippen LogP contribution in [0.2, 0.25) is 0 Å². The fourth-order valence-corrected chi connectivity index (χ4v) is 3.72. The van der Waals surface area contributed by atoms with Crippen molar-refractivity contribution in [3.63, 3.8) is 0 Å². The molecule has 0 bridgehead atoms. The number of nitrogens with one attached hydrogen (secondary N) is 1. The Morgan fingerprint density at radius 1 is 1.31 bits per heavy atom. The molecule has 0 fully saturated rings. The number of carbonyl (C=O) groups excluding carboxylic acids is 1. The highest BCUT2D eigenvalue weighted by Crippen LogP contribution is 2.20. The molecule has 0 aliphatic rings. The Kier molecular flexibility index (Phi) is 6.76. The van der Waals surface area contributed by atoms with Crippen LogP contribution in [0.3, 0.4) is 0 Å². The standard InChI is InChI=1S/C17H23N3O5S/c1-4-5-10-20(12-17(21)18-16-11-13(2)25-19-16)26(22,23)15-8-6-14(24-3)7-9-15/h6-9,11H,4-5,10,12H2,1-3H3,(H,18,19,21). The van der Waals surface area contributed by atoms with Crippen LogP contribution in [0.4, 0.5) is 5.82 Å². The minimum Gasteiger partial charge on any atom is -0.497 e. The Morgan fingerprint density at radius 3 is 2.54 bits per heavy atom. The third-order valence-corrected chi connectivity index (χ3v) is 5.53. The minimum atomic E-state index is -3.81. The van der Waals surface area contributed by atoms with E-state index < -0.39 is 15.9 Å². The van der Waals surface area contributed by atoms with Gasteiger partial charge in [-0.15, -0.1) is 0 Å². The van der Waals surface area contributed by atoms with E-state index in [1.165, 1.54) is 23.5 Å². The quantitative estimate of drug-likeness (QED) is 0.716. The van der Waals surface area contributed by atoms with E-state index in [1.807, 2.05) is 6.92 Å². The number of anilines is 1. The summed E-state index contributed by atoms with van der Waals surface area (Å²) in [6.07, 6.45) is 1.45. The molecule has 9 heteroatoms. The smallest absolute Gasteiger partial charge is 0.243 e. The predicted molar refractivity (Wildman–Crippen MR) is 96.5 cm³/mol. The highest BCUT2D eigenvalue weighted by molar-refractivity contribution is 7.89. The van der Waals surface area contributed by atoms with Crippen LogP contribution in [0.25, 0.3) is 0 Å². The number of aryl methyl sites for hydroxylation is 1. The van der Waals surface area contributed by atoms with Crippen molar-refractivity contribution in [1.82, 2.24) is 9.46 Å². The predicted octanol–water partition coefficient (Wildman–Crippen LogP) is 2.42. The second-order valence-electron chi connectivity index (χ2n) is 5.74. The summed E-state index contributed by atoms with van der Waals surface area (Å²) in [6, 6.07) is 7.64. The van der Waals surface area contributed by atoms with Gasteiger partial charge in [0.05, 0.1) is 18.6 Å². The largest absolute Gasteiger partial charge is 0.497 e. The zero-order chi connectivity index (χ0) is 19.2. The van der Waals surface area contributed by atoms with Crippen LogP contribution in [0.5, 0.6) is 5.75 Å². The zero-order valence-corrected chi connectivity index (χ0v) is 15.9. The van der Waals surface area contributed by atoms with Gasteiger partial charge >= 0.3 is 0 Å². The Hall–Kier alpha value is -2.39. The lowest BCUT2D eigenvalue weighted by molar-refractivity contribution is -0.116. The number of aromatic nitrogens is 1. The van der Waals surface area contributed by atoms with E-state index in [0.717, 1.165) is 6.42 Å². The lowest BCUT2D eigenvalue weighted by Crippen LogP contribution is -2.38. The maximum atomic E-state index is 12.9. The molecule has 2 rings (SSSR count). The summed E-state index contributed by atoms with van der Waals surface area (Å²) in [7, 11) is -2.30. The third-order valence-electron chi connectivity index (χ3n) is 3.67. The van der Waals surface area contributed by atoms with Crippen LogP contribution >= 0.6 is 0 Å². The molecule has 1 aromatic carbocycles. The molecule has 0 saturated heterocycles. The highest BCUT2D eigenvalue weighted by Gasteiger charge is 2.26. The Labute approximate surface area is 153 Å². The summed E-state index contributed by atoms with van der Waals surface area (Å²) in [5.41, 5.74) is 0. The first-order valence-corrected chi connectivity index (χ1v) is 9.68. The second-order valence-corrected chi connectivity index (χ2v) is 7.68. The van der Waals surface area contributed by atoms with Crippen LogP contribution in [0.15, 0.2) is 39.8 Å². The number of unbranched alkanes of at least 4 members (excludes halogenated alkanes) is 1. The van der Waals surface area contributed by atoms with Gasteiger partial charge in [-0.1, -0.05) is 18.5 Å². The lowest BCUT2D eigenvalue weighted by atomic mass is 10.3. The van der Waals surface area contributed by atoms with E-state index in [2.05, 4.69) is 10.5 Å². The number of benzene rings is 1. The van der Waals surface area contributed by atoms with Gasteiger partial charge in [-0.3, -0.25) is 4.79 Å². The van der Waals surface area contributed by atoms with Gasteiger partial charge in [0, 0.05) is 12.6 Å². The first kappa shape index (κ1) is 19.9. The fraction of sp³-hybridized carbons (Fsp3) is 0.412. The lowest BCUT2D eigenvalue weighted by Gasteiger charge is -2.21. The van der Waals surface area contributed by atoms with Crippen molar-refractivity contribution >= 4 is 21.7 Å². The maximum Gasteiger partial charge on any atom is 0.243 e. The number of carbonyl (C=O) groups is 1. The normalized spacial score (nSPS) is 11.5. The average molecular weight is 381 g/mol. The molecular weight excluding hydrogens is 358 g/mol. The third kappa shape index (κ3) is 5.06. The van der Waals surface area contributed by atoms with Gasteiger partial charge < -0.3 is 14.6 Å². The molecule has 1 aromatic heterocycles. The van der Waals surface area contributed by atoms with E-state index in [0.29, 0.717) is 17.9 Å². The fourth-order valence-electron chi connectivity index (χ4n) is 2.28. The summed E-state index contributed by atoms with van der Waals surface area (Å²) in [5.74, 6) is 0.883. The van der Waals surface area contributed by atoms with Crippen molar-refractivity contribution in [3.05, 3.63) is 36.1 Å². The number of nitrogens with zero attached hydrogens (tertiary/aromatic N) is 2. The van der Waals surface area contributed by atoms with Crippen LogP contribution < -0.4 is 10.1 Å². The first-order chi connectivity index (χ1) is 12.4. The van der Waals surface area contributed by atoms with E-state index in [4.69, 9.17) is 9.26 Å². The molecule has 8 nitrogen and oxygen atoms in total. The number of sulfonamides is 1. The zero-order valence-electron chi connectivity index (χ0n) is 15.1. The number of rotatable bonds is 9. The van der Waals surface area contributed by atoms with Crippen molar-refractivity contribution in [2.45, 2.75) is 31.6 Å². The number of amides is 1. The van der Waals surface area contributed by atoms with Crippen LogP contribution in [-0.4, -0.2) is 44.0 Å². The van der Waals surface area contributed by atoms with Crippen molar-refractivity contribution < 1.29 is 22.5 Å². The molecule has 1 N–H and O–H groups in total. The number of hydrogen-bond acceptors (Lipinski definition) is 6. The summed E-state index contributed by atoms with van der Waals surface area (Å²) >= 11 is 0. The van der Waals surface area contributed by atoms with E-state index in [1.54, 1.807) is 25.1 Å². The molecule has 2 aromatic rings. The van der Waals surface area contributed by atoms with Gasteiger partial charge in [-0.2, -0.15) is 4.31 Å². The number of methoxy groups -OCH3 is 1. The highest BCUT2D eigenvalue weighted by atomic mass is 32.2. The summed E-state index contributed by atoms with van der Waals surface area (Å²) in [4.78, 5) is 12.4. The Morgan fingerprint density at radius 2 is 2.00 bits per heavy atom. The average Bonchev–Trinajstić information content (AvgIpc) is 3.03. The van der Waals surface area contributed by atoms with Crippen LogP contribution in [-0.2, 0) is 14.8 Å². The van der Waals surface area contributed by atoms with Gasteiger partial charge in [0.25, 0.3) is 0 Å². The van der Waals surface area contributed by atoms with Gasteiger partial charge in [0.15, 0.2) is 5.82 Å². The van der Waals surface area contributed by atoms with E-state index in [-0.39, 0.29) is 23.8 Å². The maximum absolute atomic E-state index is 12.9. The molecular formula is C17H23N3O5S. The molecule has 0 unspecified atom stereocenters. The van der Waals surface area contributed by atoms with E-state index >= 15 is 0 Å². The second kappa shape index (κ2) is 8.81. The molecule has 0 atom stereocenters. The molecule has 0 radical (unpaired) electrons. The topological polar surface area (TPSA) is 102 Å². The molecule has 0 spiro atoms. The molecule has 142 valence electrons. The van der Waals surface area contributed by atoms with Gasteiger partial charge in [0.2, 0.25) is 15.9 Å². The van der Waals surface area contributed by atoms with Crippen LogP contribution in [0, 0.1) is 6.92 Å². The minimum absolute atomic E-state index is 0.111. The summed E-state index contributed by atoms with van der Waals surface area (Å²) < 4.78 is 36.9. The van der Waals surface area contributed by atoms with Gasteiger partial charge in [-0.05, 0) is 37.6 Å². The van der Waals surface area contributed by atoms with Crippen molar-refractivity contribution in [2.24, 2.45) is 0 Å². The summed E-state index contributed by atoms with van der Waals surface area (Å²) in [5, 5.41) is 6.22. The Balaban J connectivity index is 2.17. The monoisotopic (exact) mass is 381 g/mol. The molecule has 26 heavy (non-hydrogen) atoms. The number of hydrogen-bond donors (Lipinski definition) is 1. The van der Waals surface area contributed by atoms with E-state index in [9.17, 15) is 13.2 Å². The summed E-state index contributed by atoms with van der Waals surface area (Å²) in [6.45, 7) is 3.59. The first-order valence-electron chi connectivity index (χ1n) is 8.24. The molecule has 0 aliphatic carbocycles. The molecule has 1 amide bonds. The Bertz CT molecular complexity index is 830. The number of ether oxygens (including phenoxy) is 1. The van der Waals surface area contributed by atoms with Crippen molar-refractivity contribution in [3.8, 4) is 5.75 Å². The molecule has 1 heterocycles. The van der Waals surface area contributed by atoms with Gasteiger partial charge in [0.1, 0.15) is 11.5 Å². The molecule has 0 aliphatic heterocycles. The van der Waals surface area contributed by atoms with Gasteiger partial charge in [-0.25, -0.2) is 8.42 Å². The van der Waals surface area contributed by atoms with Crippen molar-refractivity contribution in [1.29, 1.82) is 0 Å².